The Morgan fingerprint density at radius 2 is 1.85 bits per heavy atom. The van der Waals surface area contributed by atoms with E-state index in [-0.39, 0.29) is 23.9 Å². The second-order valence-electron chi connectivity index (χ2n) is 6.83. The lowest BCUT2D eigenvalue weighted by atomic mass is 10.2. The Bertz CT molecular complexity index is 1130. The van der Waals surface area contributed by atoms with Crippen molar-refractivity contribution in [1.29, 1.82) is 0 Å². The SMILES string of the molecule is CCOC(=O)CN1C(=O)S/C(=C/c2ccc(OCC(=O)Nc3ccc(F)cc3)c(OC)c2)C1=O. The highest BCUT2D eigenvalue weighted by molar-refractivity contribution is 8.18. The van der Waals surface area contributed by atoms with Crippen molar-refractivity contribution in [2.24, 2.45) is 0 Å². The van der Waals surface area contributed by atoms with Crippen LogP contribution in [0.4, 0.5) is 14.9 Å². The maximum atomic E-state index is 13.0. The molecule has 34 heavy (non-hydrogen) atoms. The number of halogens is 1. The summed E-state index contributed by atoms with van der Waals surface area (Å²) in [6.45, 7) is 1.00. The van der Waals surface area contributed by atoms with Crippen LogP contribution < -0.4 is 14.8 Å². The van der Waals surface area contributed by atoms with Crippen LogP contribution in [0.15, 0.2) is 47.4 Å². The van der Waals surface area contributed by atoms with Crippen molar-refractivity contribution in [3.05, 3.63) is 58.8 Å². The smallest absolute Gasteiger partial charge is 0.326 e. The van der Waals surface area contributed by atoms with Crippen LogP contribution in [0.2, 0.25) is 0 Å². The molecule has 0 unspecified atom stereocenters. The number of rotatable bonds is 9. The van der Waals surface area contributed by atoms with Gasteiger partial charge in [-0.25, -0.2) is 4.39 Å². The summed E-state index contributed by atoms with van der Waals surface area (Å²) >= 11 is 0.713. The molecule has 0 aliphatic carbocycles. The molecule has 1 heterocycles. The van der Waals surface area contributed by atoms with Crippen LogP contribution in [-0.2, 0) is 19.1 Å². The number of anilines is 1. The molecule has 0 saturated carbocycles. The van der Waals surface area contributed by atoms with Crippen molar-refractivity contribution in [1.82, 2.24) is 4.90 Å². The van der Waals surface area contributed by atoms with E-state index < -0.39 is 35.4 Å². The molecule has 178 valence electrons. The molecule has 0 radical (unpaired) electrons. The Hall–Kier alpha value is -3.86. The fourth-order valence-corrected chi connectivity index (χ4v) is 3.73. The van der Waals surface area contributed by atoms with E-state index >= 15 is 0 Å². The zero-order valence-corrected chi connectivity index (χ0v) is 19.1. The van der Waals surface area contributed by atoms with Crippen LogP contribution in [0.5, 0.6) is 11.5 Å². The first-order valence-corrected chi connectivity index (χ1v) is 10.9. The predicted molar refractivity (Wildman–Crippen MR) is 123 cm³/mol. The monoisotopic (exact) mass is 488 g/mol. The number of amides is 3. The van der Waals surface area contributed by atoms with E-state index in [1.54, 1.807) is 25.1 Å². The number of nitrogens with one attached hydrogen (secondary N) is 1. The van der Waals surface area contributed by atoms with Crippen LogP contribution in [0.3, 0.4) is 0 Å². The van der Waals surface area contributed by atoms with Gasteiger partial charge in [-0.2, -0.15) is 0 Å². The summed E-state index contributed by atoms with van der Waals surface area (Å²) in [5.41, 5.74) is 0.968. The van der Waals surface area contributed by atoms with E-state index in [2.05, 4.69) is 5.32 Å². The van der Waals surface area contributed by atoms with Crippen LogP contribution >= 0.6 is 11.8 Å². The van der Waals surface area contributed by atoms with Gasteiger partial charge in [0, 0.05) is 5.69 Å². The third-order valence-electron chi connectivity index (χ3n) is 4.44. The Morgan fingerprint density at radius 3 is 2.53 bits per heavy atom. The molecule has 1 aliphatic rings. The maximum Gasteiger partial charge on any atom is 0.326 e. The van der Waals surface area contributed by atoms with E-state index in [0.717, 1.165) is 4.90 Å². The zero-order valence-electron chi connectivity index (χ0n) is 18.3. The minimum Gasteiger partial charge on any atom is -0.493 e. The number of ether oxygens (including phenoxy) is 3. The highest BCUT2D eigenvalue weighted by atomic mass is 32.2. The molecule has 0 spiro atoms. The van der Waals surface area contributed by atoms with Gasteiger partial charge in [-0.3, -0.25) is 24.1 Å². The first-order chi connectivity index (χ1) is 16.3. The van der Waals surface area contributed by atoms with Gasteiger partial charge in [0.15, 0.2) is 18.1 Å². The highest BCUT2D eigenvalue weighted by Gasteiger charge is 2.36. The van der Waals surface area contributed by atoms with E-state index in [1.807, 2.05) is 0 Å². The normalized spacial score (nSPS) is 14.3. The van der Waals surface area contributed by atoms with Gasteiger partial charge in [-0.1, -0.05) is 6.07 Å². The van der Waals surface area contributed by atoms with Crippen LogP contribution in [0.25, 0.3) is 6.08 Å². The summed E-state index contributed by atoms with van der Waals surface area (Å²) in [6, 6.07) is 10.1. The van der Waals surface area contributed by atoms with Gasteiger partial charge in [0.25, 0.3) is 17.1 Å². The van der Waals surface area contributed by atoms with Gasteiger partial charge in [0.2, 0.25) is 0 Å². The summed E-state index contributed by atoms with van der Waals surface area (Å²) in [5, 5.41) is 2.01. The maximum absolute atomic E-state index is 13.0. The fourth-order valence-electron chi connectivity index (χ4n) is 2.89. The lowest BCUT2D eigenvalue weighted by molar-refractivity contribution is -0.146. The van der Waals surface area contributed by atoms with E-state index in [4.69, 9.17) is 14.2 Å². The lowest BCUT2D eigenvalue weighted by Gasteiger charge is -2.12. The summed E-state index contributed by atoms with van der Waals surface area (Å²) in [7, 11) is 1.41. The molecule has 1 fully saturated rings. The van der Waals surface area contributed by atoms with Crippen molar-refractivity contribution in [2.75, 3.05) is 32.2 Å². The largest absolute Gasteiger partial charge is 0.493 e. The Kier molecular flexibility index (Phi) is 8.25. The van der Waals surface area contributed by atoms with Crippen molar-refractivity contribution in [2.45, 2.75) is 6.92 Å². The molecule has 0 aromatic heterocycles. The molecule has 11 heteroatoms. The van der Waals surface area contributed by atoms with Crippen molar-refractivity contribution < 1.29 is 37.8 Å². The number of hydrogen-bond donors (Lipinski definition) is 1. The van der Waals surface area contributed by atoms with Gasteiger partial charge in [0.05, 0.1) is 18.6 Å². The molecule has 2 aromatic rings. The first kappa shape index (κ1) is 24.8. The summed E-state index contributed by atoms with van der Waals surface area (Å²) in [6.07, 6.45) is 1.49. The number of esters is 1. The first-order valence-electron chi connectivity index (χ1n) is 10.1. The predicted octanol–water partition coefficient (Wildman–Crippen LogP) is 3.45. The third-order valence-corrected chi connectivity index (χ3v) is 5.35. The van der Waals surface area contributed by atoms with Crippen LogP contribution in [-0.4, -0.2) is 54.8 Å². The quantitative estimate of drug-likeness (QED) is 0.422. The second-order valence-corrected chi connectivity index (χ2v) is 7.82. The molecule has 1 aliphatic heterocycles. The average Bonchev–Trinajstić information content (AvgIpc) is 3.07. The molecule has 9 nitrogen and oxygen atoms in total. The van der Waals surface area contributed by atoms with E-state index in [0.29, 0.717) is 28.8 Å². The number of methoxy groups -OCH3 is 1. The molecule has 3 rings (SSSR count). The number of carbonyl (C=O) groups is 4. The number of thioether (sulfide) groups is 1. The molecule has 1 N–H and O–H groups in total. The molecular formula is C23H21FN2O7S. The molecular weight excluding hydrogens is 467 g/mol. The summed E-state index contributed by atoms with van der Waals surface area (Å²) < 4.78 is 28.6. The zero-order chi connectivity index (χ0) is 24.7. The molecule has 2 aromatic carbocycles. The van der Waals surface area contributed by atoms with Crippen molar-refractivity contribution in [3.63, 3.8) is 0 Å². The molecule has 1 saturated heterocycles. The Labute approximate surface area is 198 Å². The number of imide groups is 1. The third kappa shape index (κ3) is 6.35. The molecule has 3 amide bonds. The average molecular weight is 488 g/mol. The number of benzene rings is 2. The second kappa shape index (κ2) is 11.3. The Morgan fingerprint density at radius 1 is 1.12 bits per heavy atom. The fraction of sp³-hybridized carbons (Fsp3) is 0.217. The standard InChI is InChI=1S/C23H21FN2O7S/c1-3-32-21(28)12-26-22(29)19(34-23(26)30)11-14-4-9-17(18(10-14)31-2)33-13-20(27)25-16-7-5-15(24)6-8-16/h4-11H,3,12-13H2,1-2H3,(H,25,27)/b19-11+. The van der Waals surface area contributed by atoms with E-state index in [9.17, 15) is 23.6 Å². The van der Waals surface area contributed by atoms with Gasteiger partial charge in [-0.05, 0) is 66.7 Å². The Balaban J connectivity index is 1.65. The number of hydrogen-bond acceptors (Lipinski definition) is 8. The van der Waals surface area contributed by atoms with Gasteiger partial charge >= 0.3 is 5.97 Å². The van der Waals surface area contributed by atoms with Gasteiger partial charge < -0.3 is 19.5 Å². The van der Waals surface area contributed by atoms with Crippen LogP contribution in [0, 0.1) is 5.82 Å². The van der Waals surface area contributed by atoms with Crippen molar-refractivity contribution in [3.8, 4) is 11.5 Å². The number of carbonyl (C=O) groups excluding carboxylic acids is 4. The minimum atomic E-state index is -0.669. The summed E-state index contributed by atoms with van der Waals surface area (Å²) in [5.74, 6) is -1.55. The molecule has 0 atom stereocenters. The van der Waals surface area contributed by atoms with Gasteiger partial charge in [0.1, 0.15) is 12.4 Å². The van der Waals surface area contributed by atoms with Crippen LogP contribution in [0.1, 0.15) is 12.5 Å². The van der Waals surface area contributed by atoms with Crippen molar-refractivity contribution >= 4 is 46.5 Å². The topological polar surface area (TPSA) is 111 Å². The number of nitrogens with zero attached hydrogens (tertiary/aromatic N) is 1. The summed E-state index contributed by atoms with van der Waals surface area (Å²) in [4.78, 5) is 49.3. The lowest BCUT2D eigenvalue weighted by Crippen LogP contribution is -2.34. The van der Waals surface area contributed by atoms with Gasteiger partial charge in [-0.15, -0.1) is 0 Å². The highest BCUT2D eigenvalue weighted by Crippen LogP contribution is 2.34. The van der Waals surface area contributed by atoms with E-state index in [1.165, 1.54) is 37.5 Å². The molecule has 0 bridgehead atoms. The minimum absolute atomic E-state index is 0.142.